The molecule has 1 saturated heterocycles. The molecule has 1 fully saturated rings. The van der Waals surface area contributed by atoms with E-state index in [1.165, 1.54) is 11.1 Å². The van der Waals surface area contributed by atoms with Crippen LogP contribution in [0.5, 0.6) is 0 Å². The number of amides is 1. The summed E-state index contributed by atoms with van der Waals surface area (Å²) in [6.07, 6.45) is 1.63. The van der Waals surface area contributed by atoms with Crippen molar-refractivity contribution < 1.29 is 9.21 Å². The molecule has 1 N–H and O–H groups in total. The zero-order valence-electron chi connectivity index (χ0n) is 17.4. The molecule has 4 rings (SSSR count). The van der Waals surface area contributed by atoms with Crippen LogP contribution in [0.4, 0.5) is 0 Å². The van der Waals surface area contributed by atoms with Crippen molar-refractivity contribution in [1.82, 2.24) is 15.1 Å². The van der Waals surface area contributed by atoms with Gasteiger partial charge in [-0.05, 0) is 30.2 Å². The lowest BCUT2D eigenvalue weighted by Gasteiger charge is -2.41. The highest BCUT2D eigenvalue weighted by molar-refractivity contribution is 5.81. The van der Waals surface area contributed by atoms with E-state index in [4.69, 9.17) is 4.42 Å². The Hall–Kier alpha value is -2.89. The van der Waals surface area contributed by atoms with Crippen LogP contribution in [0.2, 0.25) is 0 Å². The number of rotatable bonds is 7. The SMILES string of the molecule is C[C@@H](C(=O)NCc1ccco1)N1CCN(C(c2ccccc2)c2ccccc2)CC1. The molecule has 0 bridgehead atoms. The predicted molar refractivity (Wildman–Crippen MR) is 118 cm³/mol. The van der Waals surface area contributed by atoms with Gasteiger partial charge in [-0.15, -0.1) is 0 Å². The third kappa shape index (κ3) is 4.81. The van der Waals surface area contributed by atoms with E-state index in [1.807, 2.05) is 19.1 Å². The van der Waals surface area contributed by atoms with E-state index < -0.39 is 0 Å². The highest BCUT2D eigenvalue weighted by Crippen LogP contribution is 2.29. The van der Waals surface area contributed by atoms with Crippen LogP contribution < -0.4 is 5.32 Å². The van der Waals surface area contributed by atoms with Crippen LogP contribution in [0.1, 0.15) is 29.9 Å². The molecule has 0 radical (unpaired) electrons. The zero-order chi connectivity index (χ0) is 20.8. The summed E-state index contributed by atoms with van der Waals surface area (Å²) in [6.45, 7) is 5.99. The molecule has 5 nitrogen and oxygen atoms in total. The molecule has 0 spiro atoms. The number of nitrogens with one attached hydrogen (secondary N) is 1. The van der Waals surface area contributed by atoms with Gasteiger partial charge in [0.2, 0.25) is 5.91 Å². The van der Waals surface area contributed by atoms with Crippen molar-refractivity contribution in [3.8, 4) is 0 Å². The fourth-order valence-electron chi connectivity index (χ4n) is 4.17. The number of carbonyl (C=O) groups excluding carboxylic acids is 1. The second-order valence-electron chi connectivity index (χ2n) is 7.77. The minimum Gasteiger partial charge on any atom is -0.467 e. The lowest BCUT2D eigenvalue weighted by Crippen LogP contribution is -2.54. The summed E-state index contributed by atoms with van der Waals surface area (Å²) >= 11 is 0. The number of hydrogen-bond donors (Lipinski definition) is 1. The average Bonchev–Trinajstić information content (AvgIpc) is 3.33. The van der Waals surface area contributed by atoms with E-state index in [-0.39, 0.29) is 18.0 Å². The Morgan fingerprint density at radius 2 is 1.43 bits per heavy atom. The van der Waals surface area contributed by atoms with Gasteiger partial charge >= 0.3 is 0 Å². The number of furan rings is 1. The van der Waals surface area contributed by atoms with Crippen molar-refractivity contribution in [1.29, 1.82) is 0 Å². The molecule has 5 heteroatoms. The maximum atomic E-state index is 12.6. The van der Waals surface area contributed by atoms with Crippen molar-refractivity contribution in [2.24, 2.45) is 0 Å². The Morgan fingerprint density at radius 3 is 1.97 bits per heavy atom. The van der Waals surface area contributed by atoms with Crippen molar-refractivity contribution in [2.45, 2.75) is 25.6 Å². The van der Waals surface area contributed by atoms with Crippen molar-refractivity contribution in [2.75, 3.05) is 26.2 Å². The first-order chi connectivity index (χ1) is 14.7. The topological polar surface area (TPSA) is 48.7 Å². The smallest absolute Gasteiger partial charge is 0.237 e. The molecule has 1 aliphatic heterocycles. The van der Waals surface area contributed by atoms with E-state index in [0.717, 1.165) is 31.9 Å². The van der Waals surface area contributed by atoms with Crippen LogP contribution in [0, 0.1) is 0 Å². The van der Waals surface area contributed by atoms with Gasteiger partial charge in [0.1, 0.15) is 5.76 Å². The van der Waals surface area contributed by atoms with E-state index in [0.29, 0.717) is 6.54 Å². The van der Waals surface area contributed by atoms with Crippen LogP contribution in [-0.2, 0) is 11.3 Å². The first kappa shape index (κ1) is 20.4. The molecule has 2 heterocycles. The normalized spacial score (nSPS) is 16.5. The predicted octanol–water partition coefficient (Wildman–Crippen LogP) is 3.69. The third-order valence-corrected chi connectivity index (χ3v) is 5.89. The van der Waals surface area contributed by atoms with Gasteiger partial charge in [0.15, 0.2) is 0 Å². The molecule has 30 heavy (non-hydrogen) atoms. The van der Waals surface area contributed by atoms with E-state index in [9.17, 15) is 4.79 Å². The molecule has 1 amide bonds. The fraction of sp³-hybridized carbons (Fsp3) is 0.320. The quantitative estimate of drug-likeness (QED) is 0.654. The van der Waals surface area contributed by atoms with Crippen LogP contribution in [0.3, 0.4) is 0 Å². The maximum absolute atomic E-state index is 12.6. The molecule has 2 aromatic carbocycles. The maximum Gasteiger partial charge on any atom is 0.237 e. The molecule has 0 saturated carbocycles. The third-order valence-electron chi connectivity index (χ3n) is 5.89. The van der Waals surface area contributed by atoms with Crippen LogP contribution in [0.15, 0.2) is 83.5 Å². The van der Waals surface area contributed by atoms with Gasteiger partial charge in [-0.3, -0.25) is 14.6 Å². The zero-order valence-corrected chi connectivity index (χ0v) is 17.4. The van der Waals surface area contributed by atoms with Gasteiger partial charge in [0.25, 0.3) is 0 Å². The Kier molecular flexibility index (Phi) is 6.62. The van der Waals surface area contributed by atoms with E-state index >= 15 is 0 Å². The Balaban J connectivity index is 1.39. The minimum absolute atomic E-state index is 0.0440. The van der Waals surface area contributed by atoms with Gasteiger partial charge in [-0.2, -0.15) is 0 Å². The van der Waals surface area contributed by atoms with Gasteiger partial charge in [-0.25, -0.2) is 0 Å². The Labute approximate surface area is 178 Å². The molecule has 1 atom stereocenters. The second-order valence-corrected chi connectivity index (χ2v) is 7.77. The van der Waals surface area contributed by atoms with Crippen molar-refractivity contribution in [3.05, 3.63) is 95.9 Å². The second kappa shape index (κ2) is 9.74. The number of nitrogens with zero attached hydrogens (tertiary/aromatic N) is 2. The van der Waals surface area contributed by atoms with Gasteiger partial charge in [0.05, 0.1) is 24.9 Å². The first-order valence-electron chi connectivity index (χ1n) is 10.6. The summed E-state index contributed by atoms with van der Waals surface area (Å²) in [5, 5.41) is 2.98. The number of piperazine rings is 1. The van der Waals surface area contributed by atoms with Crippen LogP contribution in [-0.4, -0.2) is 47.9 Å². The molecule has 156 valence electrons. The highest BCUT2D eigenvalue weighted by atomic mass is 16.3. The van der Waals surface area contributed by atoms with Crippen molar-refractivity contribution in [3.63, 3.8) is 0 Å². The lowest BCUT2D eigenvalue weighted by molar-refractivity contribution is -0.126. The van der Waals surface area contributed by atoms with Gasteiger partial charge in [0, 0.05) is 26.2 Å². The van der Waals surface area contributed by atoms with E-state index in [1.54, 1.807) is 6.26 Å². The van der Waals surface area contributed by atoms with Crippen molar-refractivity contribution >= 4 is 5.91 Å². The summed E-state index contributed by atoms with van der Waals surface area (Å²) in [5.41, 5.74) is 2.61. The monoisotopic (exact) mass is 403 g/mol. The molecular weight excluding hydrogens is 374 g/mol. The Bertz CT molecular complexity index is 865. The fourth-order valence-corrected chi connectivity index (χ4v) is 4.17. The van der Waals surface area contributed by atoms with Crippen LogP contribution in [0.25, 0.3) is 0 Å². The minimum atomic E-state index is -0.158. The molecule has 3 aromatic rings. The largest absolute Gasteiger partial charge is 0.467 e. The highest BCUT2D eigenvalue weighted by Gasteiger charge is 2.30. The summed E-state index contributed by atoms with van der Waals surface area (Å²) in [6, 6.07) is 25.1. The number of carbonyl (C=O) groups is 1. The van der Waals surface area contributed by atoms with Gasteiger partial charge < -0.3 is 9.73 Å². The standard InChI is InChI=1S/C25H29N3O2/c1-20(25(29)26-19-23-13-8-18-30-23)27-14-16-28(17-15-27)24(21-9-4-2-5-10-21)22-11-6-3-7-12-22/h2-13,18,20,24H,14-17,19H2,1H3,(H,26,29)/t20-/m0/s1. The van der Waals surface area contributed by atoms with Crippen LogP contribution >= 0.6 is 0 Å². The summed E-state index contributed by atoms with van der Waals surface area (Å²) in [7, 11) is 0. The average molecular weight is 404 g/mol. The molecule has 0 aliphatic carbocycles. The number of hydrogen-bond acceptors (Lipinski definition) is 4. The molecule has 1 aromatic heterocycles. The molecule has 1 aliphatic rings. The molecular formula is C25H29N3O2. The summed E-state index contributed by atoms with van der Waals surface area (Å²) < 4.78 is 5.30. The van der Waals surface area contributed by atoms with E-state index in [2.05, 4.69) is 75.8 Å². The first-order valence-corrected chi connectivity index (χ1v) is 10.6. The number of benzene rings is 2. The van der Waals surface area contributed by atoms with Gasteiger partial charge in [-0.1, -0.05) is 60.7 Å². The Morgan fingerprint density at radius 1 is 0.867 bits per heavy atom. The summed E-state index contributed by atoms with van der Waals surface area (Å²) in [4.78, 5) is 17.4. The molecule has 0 unspecified atom stereocenters. The lowest BCUT2D eigenvalue weighted by atomic mass is 9.96. The summed E-state index contributed by atoms with van der Waals surface area (Å²) in [5.74, 6) is 0.816.